The standard InChI is InChI=1S/C20H21N3O2S/c1-25-17-7-6-16(14-4-2-3-5-15(14)17)19(24)23-20-22-12-18(26-20)13-8-10-21-11-9-13/h2-7,12-13,21H,8-11H2,1H3,(H,22,23,24). The van der Waals surface area contributed by atoms with Crippen molar-refractivity contribution in [2.45, 2.75) is 18.8 Å². The number of aromatic nitrogens is 1. The van der Waals surface area contributed by atoms with Crippen molar-refractivity contribution < 1.29 is 9.53 Å². The normalized spacial score (nSPS) is 15.1. The summed E-state index contributed by atoms with van der Waals surface area (Å²) in [6, 6.07) is 11.4. The number of thiazole rings is 1. The molecule has 1 aliphatic rings. The number of amides is 1. The number of carbonyl (C=O) groups excluding carboxylic acids is 1. The lowest BCUT2D eigenvalue weighted by atomic mass is 9.97. The molecule has 1 aliphatic heterocycles. The van der Waals surface area contributed by atoms with Crippen LogP contribution in [-0.2, 0) is 0 Å². The lowest BCUT2D eigenvalue weighted by Gasteiger charge is -2.20. The number of carbonyl (C=O) groups is 1. The van der Waals surface area contributed by atoms with Gasteiger partial charge in [0, 0.05) is 22.0 Å². The van der Waals surface area contributed by atoms with Crippen LogP contribution >= 0.6 is 11.3 Å². The molecule has 0 aliphatic carbocycles. The highest BCUT2D eigenvalue weighted by atomic mass is 32.1. The Labute approximate surface area is 156 Å². The van der Waals surface area contributed by atoms with Gasteiger partial charge in [0.2, 0.25) is 0 Å². The summed E-state index contributed by atoms with van der Waals surface area (Å²) >= 11 is 1.58. The molecular weight excluding hydrogens is 346 g/mol. The Morgan fingerprint density at radius 2 is 1.96 bits per heavy atom. The third kappa shape index (κ3) is 3.30. The number of fused-ring (bicyclic) bond motifs is 1. The first kappa shape index (κ1) is 17.0. The van der Waals surface area contributed by atoms with Crippen LogP contribution in [-0.4, -0.2) is 31.1 Å². The molecule has 0 atom stereocenters. The van der Waals surface area contributed by atoms with E-state index in [0.29, 0.717) is 16.6 Å². The fraction of sp³-hybridized carbons (Fsp3) is 0.300. The van der Waals surface area contributed by atoms with Gasteiger partial charge >= 0.3 is 0 Å². The Morgan fingerprint density at radius 3 is 2.73 bits per heavy atom. The summed E-state index contributed by atoms with van der Waals surface area (Å²) in [6.07, 6.45) is 4.15. The predicted molar refractivity (Wildman–Crippen MR) is 105 cm³/mol. The third-order valence-electron chi connectivity index (χ3n) is 4.83. The Hall–Kier alpha value is -2.44. The van der Waals surface area contributed by atoms with E-state index in [9.17, 15) is 4.79 Å². The molecule has 2 heterocycles. The number of methoxy groups -OCH3 is 1. The van der Waals surface area contributed by atoms with E-state index in [1.54, 1.807) is 24.5 Å². The van der Waals surface area contributed by atoms with Gasteiger partial charge in [-0.15, -0.1) is 11.3 Å². The van der Waals surface area contributed by atoms with Gasteiger partial charge in [-0.25, -0.2) is 4.98 Å². The third-order valence-corrected chi connectivity index (χ3v) is 5.91. The van der Waals surface area contributed by atoms with Crippen LogP contribution < -0.4 is 15.4 Å². The number of ether oxygens (including phenoxy) is 1. The minimum Gasteiger partial charge on any atom is -0.496 e. The molecule has 1 amide bonds. The highest BCUT2D eigenvalue weighted by Gasteiger charge is 2.19. The Morgan fingerprint density at radius 1 is 1.19 bits per heavy atom. The van der Waals surface area contributed by atoms with Crippen molar-refractivity contribution in [1.82, 2.24) is 10.3 Å². The maximum Gasteiger partial charge on any atom is 0.258 e. The Bertz CT molecular complexity index is 932. The van der Waals surface area contributed by atoms with E-state index in [0.717, 1.165) is 42.5 Å². The summed E-state index contributed by atoms with van der Waals surface area (Å²) in [4.78, 5) is 18.5. The largest absolute Gasteiger partial charge is 0.496 e. The van der Waals surface area contributed by atoms with Crippen LogP contribution in [0.5, 0.6) is 5.75 Å². The zero-order valence-electron chi connectivity index (χ0n) is 14.6. The molecule has 0 spiro atoms. The second-order valence-electron chi connectivity index (χ2n) is 6.41. The molecule has 0 bridgehead atoms. The average Bonchev–Trinajstić information content (AvgIpc) is 3.16. The summed E-state index contributed by atoms with van der Waals surface area (Å²) < 4.78 is 5.40. The number of rotatable bonds is 4. The van der Waals surface area contributed by atoms with Crippen molar-refractivity contribution in [2.75, 3.05) is 25.5 Å². The second-order valence-corrected chi connectivity index (χ2v) is 7.47. The van der Waals surface area contributed by atoms with Gasteiger partial charge in [0.1, 0.15) is 5.75 Å². The van der Waals surface area contributed by atoms with Gasteiger partial charge in [-0.2, -0.15) is 0 Å². The van der Waals surface area contributed by atoms with Crippen molar-refractivity contribution in [3.63, 3.8) is 0 Å². The molecule has 134 valence electrons. The van der Waals surface area contributed by atoms with Gasteiger partial charge in [0.15, 0.2) is 5.13 Å². The lowest BCUT2D eigenvalue weighted by Crippen LogP contribution is -2.26. The zero-order valence-corrected chi connectivity index (χ0v) is 15.4. The van der Waals surface area contributed by atoms with E-state index in [1.807, 2.05) is 36.5 Å². The smallest absolute Gasteiger partial charge is 0.258 e. The van der Waals surface area contributed by atoms with Gasteiger partial charge in [-0.3, -0.25) is 10.1 Å². The second kappa shape index (κ2) is 7.43. The van der Waals surface area contributed by atoms with Crippen molar-refractivity contribution in [3.05, 3.63) is 53.0 Å². The Balaban J connectivity index is 1.57. The van der Waals surface area contributed by atoms with Crippen LogP contribution in [0.2, 0.25) is 0 Å². The molecule has 2 aromatic carbocycles. The molecule has 0 unspecified atom stereocenters. The first-order valence-electron chi connectivity index (χ1n) is 8.80. The van der Waals surface area contributed by atoms with Gasteiger partial charge < -0.3 is 10.1 Å². The first-order chi connectivity index (χ1) is 12.8. The molecule has 1 aromatic heterocycles. The van der Waals surface area contributed by atoms with Crippen molar-refractivity contribution in [1.29, 1.82) is 0 Å². The topological polar surface area (TPSA) is 63.2 Å². The summed E-state index contributed by atoms with van der Waals surface area (Å²) in [5.74, 6) is 1.16. The quantitative estimate of drug-likeness (QED) is 0.731. The zero-order chi connectivity index (χ0) is 17.9. The summed E-state index contributed by atoms with van der Waals surface area (Å²) in [6.45, 7) is 2.09. The van der Waals surface area contributed by atoms with Crippen LogP contribution in [0.3, 0.4) is 0 Å². The van der Waals surface area contributed by atoms with Crippen LogP contribution in [0.1, 0.15) is 34.0 Å². The molecule has 1 saturated heterocycles. The van der Waals surface area contributed by atoms with E-state index in [1.165, 1.54) is 4.88 Å². The van der Waals surface area contributed by atoms with Gasteiger partial charge in [-0.1, -0.05) is 24.3 Å². The molecule has 5 nitrogen and oxygen atoms in total. The van der Waals surface area contributed by atoms with Crippen molar-refractivity contribution in [2.24, 2.45) is 0 Å². The van der Waals surface area contributed by atoms with Crippen LogP contribution in [0.15, 0.2) is 42.6 Å². The molecule has 3 aromatic rings. The van der Waals surface area contributed by atoms with E-state index >= 15 is 0 Å². The number of nitrogens with zero attached hydrogens (tertiary/aromatic N) is 1. The van der Waals surface area contributed by atoms with Gasteiger partial charge in [0.05, 0.1) is 7.11 Å². The van der Waals surface area contributed by atoms with Crippen molar-refractivity contribution in [3.8, 4) is 5.75 Å². The van der Waals surface area contributed by atoms with Gasteiger partial charge in [0.25, 0.3) is 5.91 Å². The highest BCUT2D eigenvalue weighted by Crippen LogP contribution is 2.33. The monoisotopic (exact) mass is 367 g/mol. The summed E-state index contributed by atoms with van der Waals surface area (Å²) in [5, 5.41) is 8.79. The molecule has 0 radical (unpaired) electrons. The molecule has 26 heavy (non-hydrogen) atoms. The van der Waals surface area contributed by atoms with E-state index < -0.39 is 0 Å². The van der Waals surface area contributed by atoms with E-state index in [-0.39, 0.29) is 5.91 Å². The molecule has 1 fully saturated rings. The fourth-order valence-corrected chi connectivity index (χ4v) is 4.43. The van der Waals surface area contributed by atoms with Crippen LogP contribution in [0, 0.1) is 0 Å². The summed E-state index contributed by atoms with van der Waals surface area (Å²) in [5.41, 5.74) is 0.625. The molecule has 4 rings (SSSR count). The molecular formula is C20H21N3O2S. The minimum atomic E-state index is -0.143. The number of nitrogens with one attached hydrogen (secondary N) is 2. The van der Waals surface area contributed by atoms with E-state index in [4.69, 9.17) is 4.74 Å². The number of piperidine rings is 1. The molecule has 6 heteroatoms. The number of benzene rings is 2. The maximum atomic E-state index is 12.8. The fourth-order valence-electron chi connectivity index (χ4n) is 3.45. The molecule has 2 N–H and O–H groups in total. The number of anilines is 1. The number of hydrogen-bond acceptors (Lipinski definition) is 5. The van der Waals surface area contributed by atoms with E-state index in [2.05, 4.69) is 15.6 Å². The predicted octanol–water partition coefficient (Wildman–Crippen LogP) is 4.02. The average molecular weight is 367 g/mol. The summed E-state index contributed by atoms with van der Waals surface area (Å²) in [7, 11) is 1.64. The SMILES string of the molecule is COc1ccc(C(=O)Nc2ncc(C3CCNCC3)s2)c2ccccc12. The Kier molecular flexibility index (Phi) is 4.86. The molecule has 0 saturated carbocycles. The van der Waals surface area contributed by atoms with Crippen molar-refractivity contribution >= 4 is 33.1 Å². The highest BCUT2D eigenvalue weighted by molar-refractivity contribution is 7.15. The van der Waals surface area contributed by atoms with Crippen LogP contribution in [0.25, 0.3) is 10.8 Å². The minimum absolute atomic E-state index is 0.143. The maximum absolute atomic E-state index is 12.8. The lowest BCUT2D eigenvalue weighted by molar-refractivity contribution is 0.102. The van der Waals surface area contributed by atoms with Crippen LogP contribution in [0.4, 0.5) is 5.13 Å². The number of hydrogen-bond donors (Lipinski definition) is 2. The van der Waals surface area contributed by atoms with Gasteiger partial charge in [-0.05, 0) is 49.4 Å². The first-order valence-corrected chi connectivity index (χ1v) is 9.61.